The first-order valence-electron chi connectivity index (χ1n) is 5.90. The van der Waals surface area contributed by atoms with Crippen molar-refractivity contribution in [2.75, 3.05) is 0 Å². The minimum atomic E-state index is 0.655. The van der Waals surface area contributed by atoms with Gasteiger partial charge in [0.05, 0.1) is 0 Å². The fourth-order valence-electron chi connectivity index (χ4n) is 3.27. The zero-order chi connectivity index (χ0) is 10.3. The van der Waals surface area contributed by atoms with E-state index in [1.807, 2.05) is 12.3 Å². The fraction of sp³-hybridized carbons (Fsp3) is 0.615. The third kappa shape index (κ3) is 1.84. The van der Waals surface area contributed by atoms with Crippen molar-refractivity contribution in [2.45, 2.75) is 30.5 Å². The lowest BCUT2D eigenvalue weighted by molar-refractivity contribution is 0.566. The van der Waals surface area contributed by atoms with E-state index in [0.717, 1.165) is 24.2 Å². The van der Waals surface area contributed by atoms with Crippen LogP contribution in [-0.2, 0) is 6.42 Å². The Morgan fingerprint density at radius 2 is 2.13 bits per heavy atom. The number of halogens is 1. The van der Waals surface area contributed by atoms with Crippen molar-refractivity contribution in [1.82, 2.24) is 4.98 Å². The maximum absolute atomic E-state index is 4.39. The molecule has 1 aromatic rings. The molecule has 0 saturated heterocycles. The largest absolute Gasteiger partial charge is 0.261 e. The molecule has 0 amide bonds. The highest BCUT2D eigenvalue weighted by Crippen LogP contribution is 2.60. The van der Waals surface area contributed by atoms with Gasteiger partial charge in [0, 0.05) is 23.1 Å². The average Bonchev–Trinajstić information content (AvgIpc) is 2.75. The van der Waals surface area contributed by atoms with Gasteiger partial charge in [0.15, 0.2) is 0 Å². The van der Waals surface area contributed by atoms with Crippen LogP contribution in [-0.4, -0.2) is 9.81 Å². The molecule has 3 rings (SSSR count). The van der Waals surface area contributed by atoms with Crippen LogP contribution in [0.5, 0.6) is 0 Å². The zero-order valence-electron chi connectivity index (χ0n) is 8.77. The van der Waals surface area contributed by atoms with Crippen molar-refractivity contribution in [3.63, 3.8) is 0 Å². The maximum Gasteiger partial charge on any atom is 0.0414 e. The Labute approximate surface area is 99.4 Å². The molecule has 0 aromatic carbocycles. The molecule has 15 heavy (non-hydrogen) atoms. The summed E-state index contributed by atoms with van der Waals surface area (Å²) in [6, 6.07) is 6.20. The van der Waals surface area contributed by atoms with Gasteiger partial charge < -0.3 is 0 Å². The highest BCUT2D eigenvalue weighted by atomic mass is 79.9. The molecule has 3 atom stereocenters. The summed E-state index contributed by atoms with van der Waals surface area (Å²) in [6.07, 6.45) is 7.40. The summed E-state index contributed by atoms with van der Waals surface area (Å²) in [6.45, 7) is 0. The van der Waals surface area contributed by atoms with E-state index in [4.69, 9.17) is 0 Å². The molecule has 0 N–H and O–H groups in total. The van der Waals surface area contributed by atoms with Gasteiger partial charge in [-0.25, -0.2) is 0 Å². The van der Waals surface area contributed by atoms with Gasteiger partial charge in [-0.05, 0) is 42.7 Å². The molecule has 0 bridgehead atoms. The molecule has 2 fully saturated rings. The van der Waals surface area contributed by atoms with Crippen molar-refractivity contribution >= 4 is 15.9 Å². The predicted molar refractivity (Wildman–Crippen MR) is 65.0 cm³/mol. The molecule has 3 unspecified atom stereocenters. The Balaban J connectivity index is 1.60. The number of hydrogen-bond donors (Lipinski definition) is 0. The van der Waals surface area contributed by atoms with Crippen LogP contribution in [0.1, 0.15) is 25.0 Å². The van der Waals surface area contributed by atoms with Crippen molar-refractivity contribution in [2.24, 2.45) is 17.8 Å². The van der Waals surface area contributed by atoms with Crippen LogP contribution in [0.15, 0.2) is 24.4 Å². The molecule has 1 heterocycles. The monoisotopic (exact) mass is 265 g/mol. The second-order valence-electron chi connectivity index (χ2n) is 4.88. The second kappa shape index (κ2) is 3.89. The molecule has 0 spiro atoms. The number of pyridine rings is 1. The Hall–Kier alpha value is -0.370. The molecule has 1 aromatic heterocycles. The van der Waals surface area contributed by atoms with Crippen LogP contribution < -0.4 is 0 Å². The summed E-state index contributed by atoms with van der Waals surface area (Å²) >= 11 is 3.86. The first kappa shape index (κ1) is 9.83. The number of rotatable bonds is 3. The lowest BCUT2D eigenvalue weighted by Gasteiger charge is -2.10. The third-order valence-corrected chi connectivity index (χ3v) is 4.95. The fourth-order valence-corrected chi connectivity index (χ4v) is 4.38. The van der Waals surface area contributed by atoms with Gasteiger partial charge in [-0.1, -0.05) is 28.4 Å². The lowest BCUT2D eigenvalue weighted by atomic mass is 10.1. The molecule has 2 aliphatic carbocycles. The van der Waals surface area contributed by atoms with Gasteiger partial charge >= 0.3 is 0 Å². The maximum atomic E-state index is 4.39. The molecule has 0 aliphatic heterocycles. The van der Waals surface area contributed by atoms with Crippen LogP contribution in [0.4, 0.5) is 0 Å². The van der Waals surface area contributed by atoms with Crippen LogP contribution in [0, 0.1) is 17.8 Å². The van der Waals surface area contributed by atoms with Crippen LogP contribution in [0.3, 0.4) is 0 Å². The third-order valence-electron chi connectivity index (χ3n) is 4.02. The summed E-state index contributed by atoms with van der Waals surface area (Å²) in [7, 11) is 0. The van der Waals surface area contributed by atoms with E-state index >= 15 is 0 Å². The molecular weight excluding hydrogens is 250 g/mol. The molecule has 0 radical (unpaired) electrons. The molecule has 80 valence electrons. The topological polar surface area (TPSA) is 12.9 Å². The van der Waals surface area contributed by atoms with Gasteiger partial charge in [0.1, 0.15) is 0 Å². The molecule has 2 aliphatic rings. The minimum Gasteiger partial charge on any atom is -0.261 e. The number of fused-ring (bicyclic) bond motifs is 1. The predicted octanol–water partition coefficient (Wildman–Crippen LogP) is 3.43. The Kier molecular flexibility index (Phi) is 2.55. The van der Waals surface area contributed by atoms with Gasteiger partial charge in [-0.3, -0.25) is 4.98 Å². The van der Waals surface area contributed by atoms with E-state index in [1.165, 1.54) is 25.0 Å². The van der Waals surface area contributed by atoms with E-state index in [2.05, 4.69) is 33.0 Å². The second-order valence-corrected chi connectivity index (χ2v) is 6.05. The summed E-state index contributed by atoms with van der Waals surface area (Å²) in [5, 5.41) is 0. The van der Waals surface area contributed by atoms with Crippen LogP contribution >= 0.6 is 15.9 Å². The van der Waals surface area contributed by atoms with Gasteiger partial charge in [0.2, 0.25) is 0 Å². The van der Waals surface area contributed by atoms with Gasteiger partial charge in [0.25, 0.3) is 0 Å². The normalized spacial score (nSPS) is 34.9. The van der Waals surface area contributed by atoms with Crippen LogP contribution in [0.2, 0.25) is 0 Å². The smallest absolute Gasteiger partial charge is 0.0414 e. The summed E-state index contributed by atoms with van der Waals surface area (Å²) < 4.78 is 0. The SMILES string of the molecule is BrC(Cc1ccccn1)C1C2CCCC21. The standard InChI is InChI=1S/C13H16BrN/c14-12(8-9-4-1-2-7-15-9)13-10-5-3-6-11(10)13/h1-2,4,7,10-13H,3,5-6,8H2. The van der Waals surface area contributed by atoms with E-state index in [1.54, 1.807) is 0 Å². The van der Waals surface area contributed by atoms with E-state index in [-0.39, 0.29) is 0 Å². The van der Waals surface area contributed by atoms with E-state index < -0.39 is 0 Å². The Bertz CT molecular complexity index is 328. The molecule has 2 saturated carbocycles. The van der Waals surface area contributed by atoms with E-state index in [0.29, 0.717) is 4.83 Å². The Morgan fingerprint density at radius 3 is 2.80 bits per heavy atom. The van der Waals surface area contributed by atoms with Gasteiger partial charge in [-0.15, -0.1) is 0 Å². The van der Waals surface area contributed by atoms with Gasteiger partial charge in [-0.2, -0.15) is 0 Å². The average molecular weight is 266 g/mol. The zero-order valence-corrected chi connectivity index (χ0v) is 10.4. The van der Waals surface area contributed by atoms with Crippen molar-refractivity contribution in [1.29, 1.82) is 0 Å². The first-order valence-corrected chi connectivity index (χ1v) is 6.82. The first-order chi connectivity index (χ1) is 7.36. The lowest BCUT2D eigenvalue weighted by Crippen LogP contribution is -2.10. The molecular formula is C13H16BrN. The number of hydrogen-bond acceptors (Lipinski definition) is 1. The van der Waals surface area contributed by atoms with E-state index in [9.17, 15) is 0 Å². The molecule has 1 nitrogen and oxygen atoms in total. The highest BCUT2D eigenvalue weighted by Gasteiger charge is 2.54. The quantitative estimate of drug-likeness (QED) is 0.764. The summed E-state index contributed by atoms with van der Waals surface area (Å²) in [5.41, 5.74) is 1.23. The van der Waals surface area contributed by atoms with Crippen LogP contribution in [0.25, 0.3) is 0 Å². The number of aromatic nitrogens is 1. The minimum absolute atomic E-state index is 0.655. The number of nitrogens with zero attached hydrogens (tertiary/aromatic N) is 1. The highest BCUT2D eigenvalue weighted by molar-refractivity contribution is 9.09. The van der Waals surface area contributed by atoms with Crippen molar-refractivity contribution in [3.8, 4) is 0 Å². The Morgan fingerprint density at radius 1 is 1.33 bits per heavy atom. The van der Waals surface area contributed by atoms with Crippen molar-refractivity contribution < 1.29 is 0 Å². The molecule has 2 heteroatoms. The summed E-state index contributed by atoms with van der Waals surface area (Å²) in [4.78, 5) is 5.05. The summed E-state index contributed by atoms with van der Waals surface area (Å²) in [5.74, 6) is 3.02. The van der Waals surface area contributed by atoms with Crippen molar-refractivity contribution in [3.05, 3.63) is 30.1 Å². The number of alkyl halides is 1.